The number of amides is 1. The minimum atomic E-state index is -0.395. The predicted octanol–water partition coefficient (Wildman–Crippen LogP) is 4.03. The highest BCUT2D eigenvalue weighted by Crippen LogP contribution is 2.46. The number of rotatable bonds is 1. The quantitative estimate of drug-likeness (QED) is 0.844. The Labute approximate surface area is 141 Å². The molecule has 6 heteroatoms. The molecule has 1 N–H and O–H groups in total. The van der Waals surface area contributed by atoms with Gasteiger partial charge in [-0.05, 0) is 48.8 Å². The molecule has 2 heterocycles. The van der Waals surface area contributed by atoms with Crippen LogP contribution in [0.15, 0.2) is 17.3 Å². The van der Waals surface area contributed by atoms with Crippen LogP contribution in [0.25, 0.3) is 0 Å². The number of anilines is 1. The fraction of sp³-hybridized carbons (Fsp3) is 0.529. The van der Waals surface area contributed by atoms with Gasteiger partial charge in [-0.2, -0.15) is 0 Å². The van der Waals surface area contributed by atoms with Gasteiger partial charge < -0.3 is 10.1 Å². The lowest BCUT2D eigenvalue weighted by atomic mass is 9.74. The molecule has 23 heavy (non-hydrogen) atoms. The van der Waals surface area contributed by atoms with Crippen molar-refractivity contribution in [3.63, 3.8) is 0 Å². The molecule has 3 rings (SSSR count). The van der Waals surface area contributed by atoms with Crippen LogP contribution in [-0.2, 0) is 16.6 Å². The van der Waals surface area contributed by atoms with Crippen molar-refractivity contribution in [3.05, 3.63) is 28.3 Å². The first-order valence-electron chi connectivity index (χ1n) is 7.89. The minimum absolute atomic E-state index is 0.250. The Morgan fingerprint density at radius 3 is 2.87 bits per heavy atom. The molecule has 0 fully saturated rings. The first-order chi connectivity index (χ1) is 10.9. The van der Waals surface area contributed by atoms with E-state index in [0.717, 1.165) is 5.84 Å². The van der Waals surface area contributed by atoms with Gasteiger partial charge in [0.15, 0.2) is 0 Å². The number of carbonyl (C=O) groups is 1. The smallest absolute Gasteiger partial charge is 0.415 e. The first-order valence-corrected chi connectivity index (χ1v) is 8.71. The SMILES string of the molecule is COC(=O)N1C=CC(Nc2sc3c(c2C)C(C)(C)CCC3)=NC1. The number of amidine groups is 1. The van der Waals surface area contributed by atoms with Crippen LogP contribution in [0.5, 0.6) is 0 Å². The number of thiophene rings is 1. The molecule has 0 radical (unpaired) electrons. The van der Waals surface area contributed by atoms with Crippen molar-refractivity contribution in [3.8, 4) is 0 Å². The van der Waals surface area contributed by atoms with E-state index in [0.29, 0.717) is 0 Å². The van der Waals surface area contributed by atoms with E-state index >= 15 is 0 Å². The van der Waals surface area contributed by atoms with Gasteiger partial charge in [-0.1, -0.05) is 13.8 Å². The Balaban J connectivity index is 1.78. The lowest BCUT2D eigenvalue weighted by molar-refractivity contribution is 0.140. The summed E-state index contributed by atoms with van der Waals surface area (Å²) in [4.78, 5) is 18.8. The van der Waals surface area contributed by atoms with Crippen LogP contribution in [0.4, 0.5) is 9.80 Å². The lowest BCUT2D eigenvalue weighted by Crippen LogP contribution is -2.30. The molecular formula is C17H23N3O2S. The van der Waals surface area contributed by atoms with E-state index in [4.69, 9.17) is 0 Å². The summed E-state index contributed by atoms with van der Waals surface area (Å²) in [6.07, 6.45) is 6.79. The summed E-state index contributed by atoms with van der Waals surface area (Å²) in [5.41, 5.74) is 3.09. The molecule has 0 atom stereocenters. The van der Waals surface area contributed by atoms with Crippen LogP contribution in [0.2, 0.25) is 0 Å². The number of ether oxygens (including phenoxy) is 1. The molecule has 1 aliphatic heterocycles. The standard InChI is InChI=1S/C17H23N3O2S/c1-11-14-12(6-5-8-17(14,2)3)23-15(11)19-13-7-9-20(10-18-13)16(21)22-4/h7,9H,5-6,8,10H2,1-4H3,(H,18,19). The predicted molar refractivity (Wildman–Crippen MR) is 94.3 cm³/mol. The molecular weight excluding hydrogens is 310 g/mol. The van der Waals surface area contributed by atoms with Gasteiger partial charge in [0.2, 0.25) is 0 Å². The monoisotopic (exact) mass is 333 g/mol. The Bertz CT molecular complexity index is 688. The summed E-state index contributed by atoms with van der Waals surface area (Å²) in [5, 5.41) is 4.59. The number of nitrogens with zero attached hydrogens (tertiary/aromatic N) is 2. The molecule has 1 aromatic rings. The maximum Gasteiger partial charge on any atom is 0.415 e. The van der Waals surface area contributed by atoms with Gasteiger partial charge in [0.25, 0.3) is 0 Å². The van der Waals surface area contributed by atoms with Crippen molar-refractivity contribution in [2.75, 3.05) is 19.1 Å². The summed E-state index contributed by atoms with van der Waals surface area (Å²) >= 11 is 1.84. The highest BCUT2D eigenvalue weighted by Gasteiger charge is 2.32. The number of hydrogen-bond acceptors (Lipinski definition) is 5. The van der Waals surface area contributed by atoms with Gasteiger partial charge in [-0.3, -0.25) is 4.90 Å². The molecule has 1 aliphatic carbocycles. The number of nitrogens with one attached hydrogen (secondary N) is 1. The number of fused-ring (bicyclic) bond motifs is 1. The normalized spacial score (nSPS) is 19.1. The van der Waals surface area contributed by atoms with Crippen LogP contribution in [0, 0.1) is 6.92 Å². The summed E-state index contributed by atoms with van der Waals surface area (Å²) < 4.78 is 4.69. The number of hydrogen-bond donors (Lipinski definition) is 1. The second kappa shape index (κ2) is 6.00. The van der Waals surface area contributed by atoms with E-state index in [1.54, 1.807) is 6.20 Å². The maximum absolute atomic E-state index is 11.5. The molecule has 2 aliphatic rings. The first kappa shape index (κ1) is 16.1. The largest absolute Gasteiger partial charge is 0.452 e. The third-order valence-electron chi connectivity index (χ3n) is 4.56. The minimum Gasteiger partial charge on any atom is -0.452 e. The number of aliphatic imine (C=N–C) groups is 1. The average Bonchev–Trinajstić information content (AvgIpc) is 2.84. The van der Waals surface area contributed by atoms with Gasteiger partial charge in [-0.25, -0.2) is 9.79 Å². The van der Waals surface area contributed by atoms with E-state index < -0.39 is 6.09 Å². The molecule has 0 spiro atoms. The van der Waals surface area contributed by atoms with Crippen LogP contribution >= 0.6 is 11.3 Å². The van der Waals surface area contributed by atoms with Crippen molar-refractivity contribution in [2.45, 2.75) is 45.4 Å². The summed E-state index contributed by atoms with van der Waals surface area (Å²) in [5.74, 6) is 0.782. The van der Waals surface area contributed by atoms with E-state index in [9.17, 15) is 4.79 Å². The zero-order chi connectivity index (χ0) is 16.6. The summed E-state index contributed by atoms with van der Waals surface area (Å²) in [6.45, 7) is 7.14. The Hall–Kier alpha value is -1.82. The van der Waals surface area contributed by atoms with Crippen molar-refractivity contribution < 1.29 is 9.53 Å². The highest BCUT2D eigenvalue weighted by molar-refractivity contribution is 7.16. The zero-order valence-corrected chi connectivity index (χ0v) is 14.9. The van der Waals surface area contributed by atoms with Gasteiger partial charge >= 0.3 is 6.09 Å². The Kier molecular flexibility index (Phi) is 4.19. The molecule has 0 saturated heterocycles. The Morgan fingerprint density at radius 2 is 2.26 bits per heavy atom. The maximum atomic E-state index is 11.5. The molecule has 0 saturated carbocycles. The molecule has 5 nitrogen and oxygen atoms in total. The van der Waals surface area contributed by atoms with Crippen molar-refractivity contribution in [1.82, 2.24) is 4.90 Å². The lowest BCUT2D eigenvalue weighted by Gasteiger charge is -2.30. The van der Waals surface area contributed by atoms with Crippen LogP contribution in [-0.4, -0.2) is 30.6 Å². The highest BCUT2D eigenvalue weighted by atomic mass is 32.1. The molecule has 1 aromatic heterocycles. The molecule has 0 bridgehead atoms. The summed E-state index contributed by atoms with van der Waals surface area (Å²) in [7, 11) is 1.37. The third kappa shape index (κ3) is 3.00. The second-order valence-electron chi connectivity index (χ2n) is 6.66. The van der Waals surface area contributed by atoms with E-state index in [-0.39, 0.29) is 12.1 Å². The summed E-state index contributed by atoms with van der Waals surface area (Å²) in [6, 6.07) is 0. The molecule has 1 amide bonds. The molecule has 0 unspecified atom stereocenters. The third-order valence-corrected chi connectivity index (χ3v) is 5.83. The Morgan fingerprint density at radius 1 is 1.48 bits per heavy atom. The van der Waals surface area contributed by atoms with E-state index in [1.807, 2.05) is 17.4 Å². The van der Waals surface area contributed by atoms with Crippen LogP contribution in [0.3, 0.4) is 0 Å². The fourth-order valence-electron chi connectivity index (χ4n) is 3.42. The van der Waals surface area contributed by atoms with Crippen LogP contribution < -0.4 is 5.32 Å². The van der Waals surface area contributed by atoms with Gasteiger partial charge in [-0.15, -0.1) is 11.3 Å². The van der Waals surface area contributed by atoms with Crippen molar-refractivity contribution >= 4 is 28.3 Å². The van der Waals surface area contributed by atoms with Gasteiger partial charge in [0.05, 0.1) is 12.1 Å². The number of carbonyl (C=O) groups excluding carboxylic acids is 1. The van der Waals surface area contributed by atoms with Gasteiger partial charge in [0.1, 0.15) is 12.5 Å². The molecule has 124 valence electrons. The van der Waals surface area contributed by atoms with E-state index in [1.165, 1.54) is 52.3 Å². The number of aryl methyl sites for hydroxylation is 1. The van der Waals surface area contributed by atoms with Crippen molar-refractivity contribution in [1.29, 1.82) is 0 Å². The van der Waals surface area contributed by atoms with Crippen molar-refractivity contribution in [2.24, 2.45) is 4.99 Å². The zero-order valence-electron chi connectivity index (χ0n) is 14.1. The topological polar surface area (TPSA) is 53.9 Å². The van der Waals surface area contributed by atoms with Crippen LogP contribution in [0.1, 0.15) is 42.7 Å². The number of methoxy groups -OCH3 is 1. The average molecular weight is 333 g/mol. The second-order valence-corrected chi connectivity index (χ2v) is 7.76. The van der Waals surface area contributed by atoms with Gasteiger partial charge in [0, 0.05) is 11.1 Å². The molecule has 0 aromatic carbocycles. The van der Waals surface area contributed by atoms with E-state index in [2.05, 4.69) is 35.8 Å². The fourth-order valence-corrected chi connectivity index (χ4v) is 4.85.